The molecule has 0 saturated carbocycles. The Bertz CT molecular complexity index is 309. The predicted octanol–water partition coefficient (Wildman–Crippen LogP) is 1.94. The molecule has 2 atom stereocenters. The highest BCUT2D eigenvalue weighted by Gasteiger charge is 2.14. The van der Waals surface area contributed by atoms with Crippen LogP contribution in [0.5, 0.6) is 0 Å². The lowest BCUT2D eigenvalue weighted by atomic mass is 9.99. The normalized spacial score (nSPS) is 15.2. The molecular weight excluding hydrogens is 174 g/mol. The second kappa shape index (κ2) is 4.58. The standard InChI is InChI=1S/C12H19NO/c1-8-5-6-11(7-9(8)2)12(14)10(3)13-4/h5-7,10,12-14H,1-4H3/t10-,12-/m0/s1. The van der Waals surface area contributed by atoms with Crippen LogP contribution < -0.4 is 5.32 Å². The van der Waals surface area contributed by atoms with Crippen molar-refractivity contribution >= 4 is 0 Å². The van der Waals surface area contributed by atoms with Crippen LogP contribution in [0.25, 0.3) is 0 Å². The van der Waals surface area contributed by atoms with Gasteiger partial charge in [0.25, 0.3) is 0 Å². The van der Waals surface area contributed by atoms with Gasteiger partial charge >= 0.3 is 0 Å². The summed E-state index contributed by atoms with van der Waals surface area (Å²) in [4.78, 5) is 0. The highest BCUT2D eigenvalue weighted by Crippen LogP contribution is 2.19. The molecule has 78 valence electrons. The topological polar surface area (TPSA) is 32.3 Å². The van der Waals surface area contributed by atoms with E-state index in [1.807, 2.05) is 26.1 Å². The average Bonchev–Trinajstić information content (AvgIpc) is 2.20. The van der Waals surface area contributed by atoms with E-state index in [0.29, 0.717) is 0 Å². The van der Waals surface area contributed by atoms with Crippen LogP contribution in [-0.2, 0) is 0 Å². The van der Waals surface area contributed by atoms with Crippen molar-refractivity contribution in [3.05, 3.63) is 34.9 Å². The molecule has 1 aromatic rings. The van der Waals surface area contributed by atoms with Crippen LogP contribution in [0.1, 0.15) is 29.7 Å². The fraction of sp³-hybridized carbons (Fsp3) is 0.500. The third kappa shape index (κ3) is 2.34. The lowest BCUT2D eigenvalue weighted by Crippen LogP contribution is -2.28. The molecule has 0 aliphatic carbocycles. The summed E-state index contributed by atoms with van der Waals surface area (Å²) in [5, 5.41) is 13.0. The number of likely N-dealkylation sites (N-methyl/N-ethyl adjacent to an activating group) is 1. The predicted molar refractivity (Wildman–Crippen MR) is 59.4 cm³/mol. The fourth-order valence-electron chi connectivity index (χ4n) is 1.40. The first-order valence-corrected chi connectivity index (χ1v) is 4.98. The number of aliphatic hydroxyl groups is 1. The van der Waals surface area contributed by atoms with Gasteiger partial charge in [-0.05, 0) is 44.5 Å². The van der Waals surface area contributed by atoms with Crippen molar-refractivity contribution in [2.75, 3.05) is 7.05 Å². The van der Waals surface area contributed by atoms with Crippen molar-refractivity contribution < 1.29 is 5.11 Å². The molecule has 0 amide bonds. The largest absolute Gasteiger partial charge is 0.387 e. The molecule has 0 spiro atoms. The van der Waals surface area contributed by atoms with E-state index < -0.39 is 6.10 Å². The summed E-state index contributed by atoms with van der Waals surface area (Å²) in [6.45, 7) is 6.11. The lowest BCUT2D eigenvalue weighted by Gasteiger charge is -2.19. The van der Waals surface area contributed by atoms with Gasteiger partial charge in [0.2, 0.25) is 0 Å². The van der Waals surface area contributed by atoms with Crippen LogP contribution >= 0.6 is 0 Å². The van der Waals surface area contributed by atoms with Gasteiger partial charge in [-0.3, -0.25) is 0 Å². The first-order chi connectivity index (χ1) is 6.56. The summed E-state index contributed by atoms with van der Waals surface area (Å²) in [5.41, 5.74) is 3.47. The summed E-state index contributed by atoms with van der Waals surface area (Å²) in [5.74, 6) is 0. The highest BCUT2D eigenvalue weighted by molar-refractivity contribution is 5.31. The minimum Gasteiger partial charge on any atom is -0.387 e. The molecule has 0 radical (unpaired) electrons. The molecule has 0 unspecified atom stereocenters. The summed E-state index contributed by atoms with van der Waals surface area (Å²) < 4.78 is 0. The molecule has 0 aliphatic heterocycles. The Morgan fingerprint density at radius 2 is 1.86 bits per heavy atom. The van der Waals surface area contributed by atoms with Gasteiger partial charge in [0.05, 0.1) is 6.10 Å². The minimum absolute atomic E-state index is 0.0807. The van der Waals surface area contributed by atoms with Gasteiger partial charge in [-0.1, -0.05) is 18.2 Å². The molecule has 2 nitrogen and oxygen atoms in total. The van der Waals surface area contributed by atoms with E-state index in [-0.39, 0.29) is 6.04 Å². The van der Waals surface area contributed by atoms with Gasteiger partial charge in [0.15, 0.2) is 0 Å². The zero-order valence-corrected chi connectivity index (χ0v) is 9.33. The SMILES string of the molecule is CN[C@@H](C)[C@H](O)c1ccc(C)c(C)c1. The van der Waals surface area contributed by atoms with Crippen molar-refractivity contribution in [1.29, 1.82) is 0 Å². The maximum absolute atomic E-state index is 9.94. The Morgan fingerprint density at radius 3 is 2.36 bits per heavy atom. The van der Waals surface area contributed by atoms with Crippen LogP contribution in [0.15, 0.2) is 18.2 Å². The number of benzene rings is 1. The number of aliphatic hydroxyl groups excluding tert-OH is 1. The van der Waals surface area contributed by atoms with Crippen LogP contribution in [-0.4, -0.2) is 18.2 Å². The number of hydrogen-bond acceptors (Lipinski definition) is 2. The Morgan fingerprint density at radius 1 is 1.21 bits per heavy atom. The maximum atomic E-state index is 9.94. The molecule has 0 heterocycles. The quantitative estimate of drug-likeness (QED) is 0.769. The molecule has 14 heavy (non-hydrogen) atoms. The maximum Gasteiger partial charge on any atom is 0.0940 e. The second-order valence-corrected chi connectivity index (χ2v) is 3.87. The molecule has 2 N–H and O–H groups in total. The summed E-state index contributed by atoms with van der Waals surface area (Å²) >= 11 is 0. The Hall–Kier alpha value is -0.860. The van der Waals surface area contributed by atoms with Crippen molar-refractivity contribution in [2.45, 2.75) is 32.9 Å². The van der Waals surface area contributed by atoms with E-state index in [1.54, 1.807) is 0 Å². The molecular formula is C12H19NO. The molecule has 0 aliphatic rings. The zero-order chi connectivity index (χ0) is 10.7. The molecule has 0 aromatic heterocycles. The summed E-state index contributed by atoms with van der Waals surface area (Å²) in [6.07, 6.45) is -0.431. The van der Waals surface area contributed by atoms with Crippen LogP contribution in [0.4, 0.5) is 0 Å². The van der Waals surface area contributed by atoms with Gasteiger partial charge < -0.3 is 10.4 Å². The number of aryl methyl sites for hydroxylation is 2. The Labute approximate surface area is 86.0 Å². The van der Waals surface area contributed by atoms with E-state index >= 15 is 0 Å². The average molecular weight is 193 g/mol. The third-order valence-electron chi connectivity index (χ3n) is 2.80. The van der Waals surface area contributed by atoms with E-state index in [0.717, 1.165) is 5.56 Å². The van der Waals surface area contributed by atoms with E-state index in [1.165, 1.54) is 11.1 Å². The van der Waals surface area contributed by atoms with Crippen molar-refractivity contribution in [3.63, 3.8) is 0 Å². The molecule has 0 bridgehead atoms. The van der Waals surface area contributed by atoms with Gasteiger partial charge in [0, 0.05) is 6.04 Å². The number of hydrogen-bond donors (Lipinski definition) is 2. The second-order valence-electron chi connectivity index (χ2n) is 3.87. The number of nitrogens with one attached hydrogen (secondary N) is 1. The molecule has 1 aromatic carbocycles. The van der Waals surface area contributed by atoms with Crippen LogP contribution in [0.2, 0.25) is 0 Å². The van der Waals surface area contributed by atoms with Gasteiger partial charge in [-0.25, -0.2) is 0 Å². The molecule has 1 rings (SSSR count). The fourth-order valence-corrected chi connectivity index (χ4v) is 1.40. The highest BCUT2D eigenvalue weighted by atomic mass is 16.3. The summed E-state index contributed by atoms with van der Waals surface area (Å²) in [7, 11) is 1.86. The van der Waals surface area contributed by atoms with Crippen LogP contribution in [0, 0.1) is 13.8 Å². The van der Waals surface area contributed by atoms with Gasteiger partial charge in [-0.15, -0.1) is 0 Å². The van der Waals surface area contributed by atoms with E-state index in [9.17, 15) is 5.11 Å². The van der Waals surface area contributed by atoms with Gasteiger partial charge in [0.1, 0.15) is 0 Å². The number of rotatable bonds is 3. The van der Waals surface area contributed by atoms with Crippen LogP contribution in [0.3, 0.4) is 0 Å². The van der Waals surface area contributed by atoms with Gasteiger partial charge in [-0.2, -0.15) is 0 Å². The lowest BCUT2D eigenvalue weighted by molar-refractivity contribution is 0.140. The third-order valence-corrected chi connectivity index (χ3v) is 2.80. The first kappa shape index (κ1) is 11.2. The Balaban J connectivity index is 2.91. The first-order valence-electron chi connectivity index (χ1n) is 4.98. The Kier molecular flexibility index (Phi) is 3.67. The molecule has 0 fully saturated rings. The van der Waals surface area contributed by atoms with E-state index in [4.69, 9.17) is 0 Å². The summed E-state index contributed by atoms with van der Waals surface area (Å²) in [6, 6.07) is 6.17. The smallest absolute Gasteiger partial charge is 0.0940 e. The molecule has 2 heteroatoms. The van der Waals surface area contributed by atoms with Crippen molar-refractivity contribution in [2.24, 2.45) is 0 Å². The minimum atomic E-state index is -0.431. The monoisotopic (exact) mass is 193 g/mol. The van der Waals surface area contributed by atoms with Crippen molar-refractivity contribution in [1.82, 2.24) is 5.32 Å². The van der Waals surface area contributed by atoms with E-state index in [2.05, 4.69) is 25.2 Å². The molecule has 0 saturated heterocycles. The zero-order valence-electron chi connectivity index (χ0n) is 9.33. The van der Waals surface area contributed by atoms with Crippen molar-refractivity contribution in [3.8, 4) is 0 Å².